The van der Waals surface area contributed by atoms with Crippen molar-refractivity contribution in [1.29, 1.82) is 0 Å². The average Bonchev–Trinajstić information content (AvgIpc) is 3.05. The van der Waals surface area contributed by atoms with Crippen LogP contribution in [0.25, 0.3) is 0 Å². The minimum Gasteiger partial charge on any atom is -0.481 e. The highest BCUT2D eigenvalue weighted by Gasteiger charge is 2.51. The Morgan fingerprint density at radius 3 is 2.86 bits per heavy atom. The Morgan fingerprint density at radius 1 is 1.38 bits per heavy atom. The third-order valence-corrected chi connectivity index (χ3v) is 5.13. The van der Waals surface area contributed by atoms with Crippen LogP contribution < -0.4 is 5.32 Å². The second-order valence-electron chi connectivity index (χ2n) is 5.55. The van der Waals surface area contributed by atoms with Crippen LogP contribution in [0.1, 0.15) is 19.3 Å². The number of hydrogen-bond donors (Lipinski definition) is 2. The summed E-state index contributed by atoms with van der Waals surface area (Å²) < 4.78 is 0. The van der Waals surface area contributed by atoms with Crippen LogP contribution >= 0.6 is 11.8 Å². The monoisotopic (exact) mass is 306 g/mol. The number of fused-ring (bicyclic) bond motifs is 2. The number of anilines is 1. The van der Waals surface area contributed by atoms with Gasteiger partial charge in [-0.05, 0) is 43.7 Å². The van der Waals surface area contributed by atoms with Crippen LogP contribution in [0.2, 0.25) is 0 Å². The van der Waals surface area contributed by atoms with Crippen molar-refractivity contribution in [3.05, 3.63) is 24.3 Å². The summed E-state index contributed by atoms with van der Waals surface area (Å²) in [6.07, 6.45) is 4.27. The highest BCUT2D eigenvalue weighted by Crippen LogP contribution is 2.42. The normalized spacial score (nSPS) is 26.9. The van der Waals surface area contributed by atoms with E-state index in [0.29, 0.717) is 6.42 Å². The van der Waals surface area contributed by atoms with Gasteiger partial charge in [-0.25, -0.2) is 4.79 Å². The van der Waals surface area contributed by atoms with E-state index in [1.807, 2.05) is 30.5 Å². The van der Waals surface area contributed by atoms with Gasteiger partial charge in [-0.15, -0.1) is 11.8 Å². The van der Waals surface area contributed by atoms with Gasteiger partial charge in [0.25, 0.3) is 0 Å². The van der Waals surface area contributed by atoms with Crippen LogP contribution in [-0.4, -0.2) is 40.3 Å². The van der Waals surface area contributed by atoms with E-state index in [0.717, 1.165) is 23.4 Å². The summed E-state index contributed by atoms with van der Waals surface area (Å²) in [7, 11) is 0. The van der Waals surface area contributed by atoms with E-state index < -0.39 is 11.9 Å². The predicted molar refractivity (Wildman–Crippen MR) is 81.6 cm³/mol. The minimum absolute atomic E-state index is 0.0693. The molecular formula is C15H18N2O3S. The molecule has 1 aromatic carbocycles. The van der Waals surface area contributed by atoms with E-state index >= 15 is 0 Å². The SMILES string of the molecule is CSc1cccc(NC(=O)N2C3CCC2C(C(=O)O)C3)c1. The van der Waals surface area contributed by atoms with Crippen LogP contribution in [0.15, 0.2) is 29.2 Å². The van der Waals surface area contributed by atoms with E-state index in [2.05, 4.69) is 5.32 Å². The van der Waals surface area contributed by atoms with Crippen molar-refractivity contribution in [3.8, 4) is 0 Å². The zero-order valence-electron chi connectivity index (χ0n) is 11.8. The van der Waals surface area contributed by atoms with Crippen molar-refractivity contribution in [1.82, 2.24) is 4.90 Å². The molecule has 2 fully saturated rings. The van der Waals surface area contributed by atoms with E-state index in [9.17, 15) is 14.7 Å². The van der Waals surface area contributed by atoms with E-state index in [1.165, 1.54) is 0 Å². The second kappa shape index (κ2) is 5.60. The first-order valence-corrected chi connectivity index (χ1v) is 8.29. The van der Waals surface area contributed by atoms with Crippen LogP contribution in [0.5, 0.6) is 0 Å². The number of rotatable bonds is 3. The molecule has 2 aliphatic heterocycles. The highest BCUT2D eigenvalue weighted by molar-refractivity contribution is 7.98. The third kappa shape index (κ3) is 2.60. The smallest absolute Gasteiger partial charge is 0.322 e. The molecular weight excluding hydrogens is 288 g/mol. The zero-order valence-corrected chi connectivity index (χ0v) is 12.6. The summed E-state index contributed by atoms with van der Waals surface area (Å²) in [6.45, 7) is 0. The maximum atomic E-state index is 12.5. The molecule has 0 aromatic heterocycles. The maximum absolute atomic E-state index is 12.5. The lowest BCUT2D eigenvalue weighted by Crippen LogP contribution is -2.40. The fourth-order valence-corrected chi connectivity index (χ4v) is 3.92. The van der Waals surface area contributed by atoms with Crippen molar-refractivity contribution < 1.29 is 14.7 Å². The van der Waals surface area contributed by atoms with Crippen molar-refractivity contribution in [2.45, 2.75) is 36.2 Å². The number of amides is 2. The van der Waals surface area contributed by atoms with Crippen molar-refractivity contribution in [2.24, 2.45) is 5.92 Å². The van der Waals surface area contributed by atoms with Gasteiger partial charge in [0, 0.05) is 22.7 Å². The second-order valence-corrected chi connectivity index (χ2v) is 6.43. The molecule has 0 aliphatic carbocycles. The predicted octanol–water partition coefficient (Wildman–Crippen LogP) is 2.88. The number of nitrogens with one attached hydrogen (secondary N) is 1. The lowest BCUT2D eigenvalue weighted by atomic mass is 9.89. The number of aliphatic carboxylic acids is 1. The van der Waals surface area contributed by atoms with Gasteiger partial charge in [0.1, 0.15) is 0 Å². The van der Waals surface area contributed by atoms with Gasteiger partial charge in [0.05, 0.1) is 5.92 Å². The lowest BCUT2D eigenvalue weighted by Gasteiger charge is -2.23. The molecule has 3 atom stereocenters. The molecule has 3 rings (SSSR count). The first kappa shape index (κ1) is 14.3. The van der Waals surface area contributed by atoms with Gasteiger partial charge in [-0.2, -0.15) is 0 Å². The molecule has 0 spiro atoms. The first-order chi connectivity index (χ1) is 10.1. The summed E-state index contributed by atoms with van der Waals surface area (Å²) in [5, 5.41) is 12.1. The molecule has 3 unspecified atom stereocenters. The Kier molecular flexibility index (Phi) is 3.80. The molecule has 1 aromatic rings. The van der Waals surface area contributed by atoms with Crippen LogP contribution in [-0.2, 0) is 4.79 Å². The van der Waals surface area contributed by atoms with Crippen molar-refractivity contribution in [3.63, 3.8) is 0 Å². The molecule has 2 saturated heterocycles. The van der Waals surface area contributed by atoms with Gasteiger partial charge in [0.15, 0.2) is 0 Å². The Balaban J connectivity index is 1.73. The fraction of sp³-hybridized carbons (Fsp3) is 0.467. The van der Waals surface area contributed by atoms with Crippen LogP contribution in [0.3, 0.4) is 0 Å². The van der Waals surface area contributed by atoms with Gasteiger partial charge < -0.3 is 15.3 Å². The molecule has 2 heterocycles. The van der Waals surface area contributed by atoms with Crippen molar-refractivity contribution in [2.75, 3.05) is 11.6 Å². The molecule has 5 nitrogen and oxygen atoms in total. The highest BCUT2D eigenvalue weighted by atomic mass is 32.2. The fourth-order valence-electron chi connectivity index (χ4n) is 3.46. The summed E-state index contributed by atoms with van der Waals surface area (Å²) in [5.41, 5.74) is 0.755. The summed E-state index contributed by atoms with van der Waals surface area (Å²) in [6, 6.07) is 7.40. The molecule has 0 saturated carbocycles. The molecule has 21 heavy (non-hydrogen) atoms. The number of hydrogen-bond acceptors (Lipinski definition) is 3. The molecule has 2 bridgehead atoms. The molecule has 2 aliphatic rings. The summed E-state index contributed by atoms with van der Waals surface area (Å²) in [5.74, 6) is -1.20. The number of carbonyl (C=O) groups excluding carboxylic acids is 1. The Bertz CT molecular complexity index is 578. The Labute approximate surface area is 127 Å². The number of carbonyl (C=O) groups is 2. The number of benzene rings is 1. The number of carboxylic acid groups (broad SMARTS) is 1. The number of carboxylic acids is 1. The molecule has 0 radical (unpaired) electrons. The first-order valence-electron chi connectivity index (χ1n) is 7.06. The van der Waals surface area contributed by atoms with Gasteiger partial charge in [0.2, 0.25) is 0 Å². The lowest BCUT2D eigenvalue weighted by molar-refractivity contribution is -0.142. The quantitative estimate of drug-likeness (QED) is 0.843. The summed E-state index contributed by atoms with van der Waals surface area (Å²) in [4.78, 5) is 26.5. The van der Waals surface area contributed by atoms with E-state index in [-0.39, 0.29) is 18.1 Å². The Morgan fingerprint density at radius 2 is 2.19 bits per heavy atom. The maximum Gasteiger partial charge on any atom is 0.322 e. The molecule has 112 valence electrons. The number of nitrogens with zero attached hydrogens (tertiary/aromatic N) is 1. The molecule has 2 N–H and O–H groups in total. The molecule has 2 amide bonds. The third-order valence-electron chi connectivity index (χ3n) is 4.41. The van der Waals surface area contributed by atoms with Gasteiger partial charge in [-0.1, -0.05) is 6.07 Å². The minimum atomic E-state index is -0.788. The van der Waals surface area contributed by atoms with Crippen molar-refractivity contribution >= 4 is 29.4 Å². The number of thioether (sulfide) groups is 1. The summed E-state index contributed by atoms with van der Waals surface area (Å²) >= 11 is 1.62. The topological polar surface area (TPSA) is 69.6 Å². The van der Waals surface area contributed by atoms with E-state index in [4.69, 9.17) is 0 Å². The van der Waals surface area contributed by atoms with Crippen LogP contribution in [0.4, 0.5) is 10.5 Å². The molecule has 6 heteroatoms. The zero-order chi connectivity index (χ0) is 15.0. The van der Waals surface area contributed by atoms with Crippen LogP contribution in [0, 0.1) is 5.92 Å². The van der Waals surface area contributed by atoms with E-state index in [1.54, 1.807) is 16.7 Å². The standard InChI is InChI=1S/C15H18N2O3S/c1-21-11-4-2-3-9(7-11)16-15(20)17-10-5-6-13(17)12(8-10)14(18)19/h2-4,7,10,12-13H,5-6,8H2,1H3,(H,16,20)(H,18,19). The largest absolute Gasteiger partial charge is 0.481 e. The average molecular weight is 306 g/mol. The van der Waals surface area contributed by atoms with Gasteiger partial charge >= 0.3 is 12.0 Å². The number of urea groups is 1. The Hall–Kier alpha value is -1.69. The van der Waals surface area contributed by atoms with Gasteiger partial charge in [-0.3, -0.25) is 4.79 Å².